The number of hydrogen-bond donors (Lipinski definition) is 2. The lowest BCUT2D eigenvalue weighted by Crippen LogP contribution is -2.45. The Labute approximate surface area is 231 Å². The summed E-state index contributed by atoms with van der Waals surface area (Å²) in [5.74, 6) is 1.38. The molecule has 3 aromatic rings. The molecule has 4 heterocycles. The van der Waals surface area contributed by atoms with Crippen LogP contribution in [0.25, 0.3) is 21.9 Å². The van der Waals surface area contributed by atoms with Crippen molar-refractivity contribution in [3.05, 3.63) is 36.3 Å². The van der Waals surface area contributed by atoms with Crippen molar-refractivity contribution in [1.29, 1.82) is 0 Å². The molecule has 1 unspecified atom stereocenters. The van der Waals surface area contributed by atoms with E-state index in [9.17, 15) is 16.8 Å². The van der Waals surface area contributed by atoms with Crippen molar-refractivity contribution >= 4 is 42.0 Å². The average molecular weight is 580 g/mol. The third-order valence-corrected chi connectivity index (χ3v) is 9.47. The number of nitrogens with two attached hydrogens (primary N) is 1. The molecule has 10 nitrogen and oxygen atoms in total. The molecule has 1 aliphatic carbocycles. The fourth-order valence-corrected chi connectivity index (χ4v) is 7.63. The van der Waals surface area contributed by atoms with Gasteiger partial charge in [-0.05, 0) is 74.0 Å². The second-order valence-electron chi connectivity index (χ2n) is 11.3. The third kappa shape index (κ3) is 8.20. The number of sulfonamides is 2. The van der Waals surface area contributed by atoms with Gasteiger partial charge in [0.05, 0.1) is 29.8 Å². The number of aromatic amines is 1. The number of primary sulfonamides is 1. The molecule has 39 heavy (non-hydrogen) atoms. The van der Waals surface area contributed by atoms with E-state index in [-0.39, 0.29) is 17.8 Å². The smallest absolute Gasteiger partial charge is 0.214 e. The summed E-state index contributed by atoms with van der Waals surface area (Å²) in [7, 11) is -6.43. The molecular weight excluding hydrogens is 538 g/mol. The minimum absolute atomic E-state index is 0.0295. The summed E-state index contributed by atoms with van der Waals surface area (Å²) >= 11 is 0. The molecule has 0 bridgehead atoms. The Morgan fingerprint density at radius 2 is 1.82 bits per heavy atom. The highest BCUT2D eigenvalue weighted by Gasteiger charge is 2.33. The van der Waals surface area contributed by atoms with Crippen molar-refractivity contribution in [3.8, 4) is 0 Å². The number of nitrogens with zero attached hydrogens (tertiary/aromatic N) is 3. The number of rotatable bonds is 7. The number of pyridine rings is 2. The molecular formula is C27H41N5O5S2. The van der Waals surface area contributed by atoms with E-state index in [1.54, 1.807) is 4.31 Å². The first kappa shape index (κ1) is 29.9. The zero-order chi connectivity index (χ0) is 28.2. The van der Waals surface area contributed by atoms with Crippen molar-refractivity contribution in [2.24, 2.45) is 17.0 Å². The molecule has 2 aliphatic rings. The summed E-state index contributed by atoms with van der Waals surface area (Å²) in [6, 6.07) is 4.22. The van der Waals surface area contributed by atoms with Crippen molar-refractivity contribution < 1.29 is 21.6 Å². The second-order valence-corrected chi connectivity index (χ2v) is 15.0. The van der Waals surface area contributed by atoms with Crippen molar-refractivity contribution in [2.45, 2.75) is 64.4 Å². The Morgan fingerprint density at radius 3 is 2.51 bits per heavy atom. The van der Waals surface area contributed by atoms with E-state index in [0.717, 1.165) is 61.3 Å². The van der Waals surface area contributed by atoms with E-state index >= 15 is 0 Å². The highest BCUT2D eigenvalue weighted by molar-refractivity contribution is 7.89. The zero-order valence-corrected chi connectivity index (χ0v) is 24.7. The third-order valence-electron chi connectivity index (χ3n) is 7.46. The lowest BCUT2D eigenvalue weighted by molar-refractivity contribution is 0.00547. The van der Waals surface area contributed by atoms with Gasteiger partial charge in [-0.1, -0.05) is 13.8 Å². The van der Waals surface area contributed by atoms with Gasteiger partial charge in [0.25, 0.3) is 0 Å². The largest absolute Gasteiger partial charge is 0.377 e. The fraction of sp³-hybridized carbons (Fsp3) is 0.630. The Morgan fingerprint density at radius 1 is 1.10 bits per heavy atom. The first-order valence-corrected chi connectivity index (χ1v) is 17.2. The first-order valence-electron chi connectivity index (χ1n) is 13.7. The summed E-state index contributed by atoms with van der Waals surface area (Å²) < 4.78 is 52.9. The van der Waals surface area contributed by atoms with Gasteiger partial charge >= 0.3 is 0 Å². The molecule has 1 saturated heterocycles. The number of aromatic nitrogens is 3. The molecule has 0 radical (unpaired) electrons. The highest BCUT2D eigenvalue weighted by Crippen LogP contribution is 2.40. The maximum Gasteiger partial charge on any atom is 0.214 e. The van der Waals surface area contributed by atoms with Crippen LogP contribution >= 0.6 is 0 Å². The normalized spacial score (nSPS) is 23.2. The van der Waals surface area contributed by atoms with Crippen LogP contribution in [-0.2, 0) is 24.8 Å². The van der Waals surface area contributed by atoms with Gasteiger partial charge in [-0.2, -0.15) is 4.31 Å². The molecule has 0 spiro atoms. The van der Waals surface area contributed by atoms with Crippen molar-refractivity contribution in [3.63, 3.8) is 0 Å². The molecule has 2 fully saturated rings. The molecule has 5 rings (SSSR count). The lowest BCUT2D eigenvalue weighted by atomic mass is 9.78. The predicted molar refractivity (Wildman–Crippen MR) is 154 cm³/mol. The second kappa shape index (κ2) is 12.6. The standard InChI is InChI=1S/C26H36N4O3S.CH5NO2S/c1-18(2)16-33-21-4-3-13-30(15-21)34(31,32)17-19-5-7-20(8-6-19)22-9-11-27-24-14-29-26-23(25(22)24)10-12-28-26;1-5(2,3)4/h9-12,14,18-21,27H,3-8,13,15-17H2,1-2H3;1H3,(H2,2,3,4). The van der Waals surface area contributed by atoms with Gasteiger partial charge < -0.3 is 9.72 Å². The molecule has 1 aliphatic heterocycles. The number of piperidine rings is 1. The maximum atomic E-state index is 13.2. The van der Waals surface area contributed by atoms with Gasteiger partial charge in [-0.25, -0.2) is 31.9 Å². The van der Waals surface area contributed by atoms with E-state index in [1.807, 2.05) is 24.7 Å². The minimum Gasteiger partial charge on any atom is -0.377 e. The van der Waals surface area contributed by atoms with E-state index in [0.29, 0.717) is 31.5 Å². The monoisotopic (exact) mass is 579 g/mol. The summed E-state index contributed by atoms with van der Waals surface area (Å²) in [5.41, 5.74) is 3.14. The molecule has 3 aromatic heterocycles. The van der Waals surface area contributed by atoms with Crippen LogP contribution in [0.1, 0.15) is 63.9 Å². The van der Waals surface area contributed by atoms with Gasteiger partial charge in [0.1, 0.15) is 0 Å². The molecule has 0 amide bonds. The summed E-state index contributed by atoms with van der Waals surface area (Å²) in [6.45, 7) is 6.08. The van der Waals surface area contributed by atoms with Crippen LogP contribution in [0.15, 0.2) is 30.7 Å². The SMILES string of the molecule is CC(C)COC1CCCN(S(=O)(=O)CC2CCC(c3cc[nH]c4cnc5nccc5c34)CC2)C1.CS(N)(=O)=O. The molecule has 1 atom stereocenters. The maximum absolute atomic E-state index is 13.2. The average Bonchev–Trinajstić information content (AvgIpc) is 3.36. The van der Waals surface area contributed by atoms with E-state index in [1.165, 1.54) is 10.9 Å². The van der Waals surface area contributed by atoms with Gasteiger partial charge in [0.2, 0.25) is 20.0 Å². The Balaban J connectivity index is 0.000000648. The van der Waals surface area contributed by atoms with E-state index in [4.69, 9.17) is 4.74 Å². The van der Waals surface area contributed by atoms with Crippen molar-refractivity contribution in [1.82, 2.24) is 19.3 Å². The Kier molecular flexibility index (Phi) is 9.64. The molecule has 1 saturated carbocycles. The number of hydrogen-bond acceptors (Lipinski definition) is 7. The van der Waals surface area contributed by atoms with Crippen LogP contribution in [-0.4, -0.2) is 73.9 Å². The lowest BCUT2D eigenvalue weighted by Gasteiger charge is -2.34. The predicted octanol–water partition coefficient (Wildman–Crippen LogP) is 3.76. The fourth-order valence-electron chi connectivity index (χ4n) is 5.69. The van der Waals surface area contributed by atoms with Crippen LogP contribution in [0.2, 0.25) is 0 Å². The van der Waals surface area contributed by atoms with E-state index in [2.05, 4.69) is 40.0 Å². The topological polar surface area (TPSA) is 148 Å². The number of ether oxygens (including phenoxy) is 1. The summed E-state index contributed by atoms with van der Waals surface area (Å²) in [4.78, 5) is 12.1. The molecule has 216 valence electrons. The van der Waals surface area contributed by atoms with Crippen LogP contribution in [0, 0.1) is 11.8 Å². The Bertz CT molecular complexity index is 1460. The first-order chi connectivity index (χ1) is 18.4. The summed E-state index contributed by atoms with van der Waals surface area (Å²) in [5, 5.41) is 6.63. The minimum atomic E-state index is -3.26. The zero-order valence-electron chi connectivity index (χ0n) is 23.0. The molecule has 3 N–H and O–H groups in total. The van der Waals surface area contributed by atoms with Gasteiger partial charge in [0, 0.05) is 42.9 Å². The van der Waals surface area contributed by atoms with E-state index < -0.39 is 20.0 Å². The van der Waals surface area contributed by atoms with Crippen LogP contribution in [0.5, 0.6) is 0 Å². The number of fused-ring (bicyclic) bond motifs is 3. The Hall–Kier alpha value is -2.12. The van der Waals surface area contributed by atoms with Crippen LogP contribution < -0.4 is 5.14 Å². The highest BCUT2D eigenvalue weighted by atomic mass is 32.2. The van der Waals surface area contributed by atoms with Gasteiger partial charge in [0.15, 0.2) is 5.65 Å². The quantitative estimate of drug-likeness (QED) is 0.433. The van der Waals surface area contributed by atoms with Crippen molar-refractivity contribution in [2.75, 3.05) is 31.7 Å². The van der Waals surface area contributed by atoms with Crippen LogP contribution in [0.3, 0.4) is 0 Å². The summed E-state index contributed by atoms with van der Waals surface area (Å²) in [6.07, 6.45) is 12.4. The van der Waals surface area contributed by atoms with Crippen LogP contribution in [0.4, 0.5) is 0 Å². The van der Waals surface area contributed by atoms with Gasteiger partial charge in [-0.3, -0.25) is 0 Å². The molecule has 0 aromatic carbocycles. The number of H-pyrrole nitrogens is 1. The number of nitrogens with one attached hydrogen (secondary N) is 1. The molecule has 12 heteroatoms. The van der Waals surface area contributed by atoms with Gasteiger partial charge in [-0.15, -0.1) is 0 Å².